The number of thiophene rings is 1. The van der Waals surface area contributed by atoms with E-state index in [9.17, 15) is 9.18 Å². The molecular weight excluding hydrogens is 253 g/mol. The molecule has 0 aliphatic rings. The quantitative estimate of drug-likeness (QED) is 0.922. The third kappa shape index (κ3) is 2.98. The number of hydrogen-bond donors (Lipinski definition) is 1. The molecule has 0 saturated carbocycles. The third-order valence-electron chi connectivity index (χ3n) is 2.55. The van der Waals surface area contributed by atoms with Crippen LogP contribution >= 0.6 is 11.3 Å². The highest BCUT2D eigenvalue weighted by molar-refractivity contribution is 7.17. The van der Waals surface area contributed by atoms with E-state index in [4.69, 9.17) is 4.74 Å². The molecule has 1 aromatic heterocycles. The van der Waals surface area contributed by atoms with Gasteiger partial charge >= 0.3 is 6.09 Å². The Morgan fingerprint density at radius 1 is 1.50 bits per heavy atom. The molecule has 2 rings (SSSR count). The van der Waals surface area contributed by atoms with Gasteiger partial charge in [0.2, 0.25) is 0 Å². The Labute approximate surface area is 109 Å². The maximum absolute atomic E-state index is 13.2. The summed E-state index contributed by atoms with van der Waals surface area (Å²) in [4.78, 5) is 11.1. The summed E-state index contributed by atoms with van der Waals surface area (Å²) in [6, 6.07) is 4.77. The van der Waals surface area contributed by atoms with Crippen molar-refractivity contribution in [3.8, 4) is 0 Å². The van der Waals surface area contributed by atoms with Crippen LogP contribution in [0.15, 0.2) is 23.6 Å². The molecule has 1 N–H and O–H groups in total. The maximum Gasteiger partial charge on any atom is 0.407 e. The smallest absolute Gasteiger partial charge is 0.407 e. The monoisotopic (exact) mass is 267 g/mol. The van der Waals surface area contributed by atoms with Crippen LogP contribution in [0.4, 0.5) is 9.18 Å². The Bertz CT molecular complexity index is 553. The third-order valence-corrected chi connectivity index (χ3v) is 3.57. The van der Waals surface area contributed by atoms with E-state index in [0.29, 0.717) is 19.6 Å². The summed E-state index contributed by atoms with van der Waals surface area (Å²) < 4.78 is 19.0. The van der Waals surface area contributed by atoms with E-state index < -0.39 is 6.09 Å². The summed E-state index contributed by atoms with van der Waals surface area (Å²) in [5, 5.41) is 5.57. The average Bonchev–Trinajstić information content (AvgIpc) is 2.72. The van der Waals surface area contributed by atoms with Crippen LogP contribution in [-0.4, -0.2) is 19.2 Å². The van der Waals surface area contributed by atoms with Gasteiger partial charge in [-0.1, -0.05) is 0 Å². The number of halogens is 1. The van der Waals surface area contributed by atoms with Gasteiger partial charge in [-0.3, -0.25) is 0 Å². The number of hydrogen-bond acceptors (Lipinski definition) is 3. The first-order valence-corrected chi connectivity index (χ1v) is 6.65. The normalized spacial score (nSPS) is 10.6. The number of ether oxygens (including phenoxy) is 1. The SMILES string of the molecule is CCOC(=O)NCCc1csc2ccc(F)cc12. The standard InChI is InChI=1S/C13H14FNO2S/c1-2-17-13(16)15-6-5-9-8-18-12-4-3-10(14)7-11(9)12/h3-4,7-8H,2,5-6H2,1H3,(H,15,16). The highest BCUT2D eigenvalue weighted by Crippen LogP contribution is 2.26. The fourth-order valence-corrected chi connectivity index (χ4v) is 2.71. The van der Waals surface area contributed by atoms with Crippen molar-refractivity contribution in [3.05, 3.63) is 35.0 Å². The van der Waals surface area contributed by atoms with Gasteiger partial charge in [-0.25, -0.2) is 9.18 Å². The van der Waals surface area contributed by atoms with Crippen molar-refractivity contribution in [3.63, 3.8) is 0 Å². The lowest BCUT2D eigenvalue weighted by molar-refractivity contribution is 0.152. The van der Waals surface area contributed by atoms with E-state index in [1.807, 2.05) is 5.38 Å². The molecule has 96 valence electrons. The number of carbonyl (C=O) groups is 1. The summed E-state index contributed by atoms with van der Waals surface area (Å²) in [6.45, 7) is 2.61. The summed E-state index contributed by atoms with van der Waals surface area (Å²) in [7, 11) is 0. The molecule has 0 aliphatic heterocycles. The van der Waals surface area contributed by atoms with Crippen molar-refractivity contribution in [1.29, 1.82) is 0 Å². The molecule has 0 fully saturated rings. The largest absolute Gasteiger partial charge is 0.450 e. The summed E-state index contributed by atoms with van der Waals surface area (Å²) in [5.74, 6) is -0.236. The number of carbonyl (C=O) groups excluding carboxylic acids is 1. The topological polar surface area (TPSA) is 38.3 Å². The van der Waals surface area contributed by atoms with Crippen molar-refractivity contribution >= 4 is 27.5 Å². The first-order valence-electron chi connectivity index (χ1n) is 5.77. The molecule has 0 atom stereocenters. The fourth-order valence-electron chi connectivity index (χ4n) is 1.73. The Morgan fingerprint density at radius 2 is 2.33 bits per heavy atom. The van der Waals surface area contributed by atoms with Crippen molar-refractivity contribution in [2.75, 3.05) is 13.2 Å². The molecule has 0 spiro atoms. The van der Waals surface area contributed by atoms with E-state index in [-0.39, 0.29) is 5.82 Å². The number of nitrogens with one attached hydrogen (secondary N) is 1. The van der Waals surface area contributed by atoms with Crippen LogP contribution in [0.3, 0.4) is 0 Å². The van der Waals surface area contributed by atoms with Crippen LogP contribution < -0.4 is 5.32 Å². The van der Waals surface area contributed by atoms with E-state index >= 15 is 0 Å². The molecule has 1 amide bonds. The highest BCUT2D eigenvalue weighted by Gasteiger charge is 2.06. The summed E-state index contributed by atoms with van der Waals surface area (Å²) in [5.41, 5.74) is 1.05. The molecule has 0 radical (unpaired) electrons. The van der Waals surface area contributed by atoms with Crippen LogP contribution in [0, 0.1) is 5.82 Å². The van der Waals surface area contributed by atoms with E-state index in [2.05, 4.69) is 5.32 Å². The number of fused-ring (bicyclic) bond motifs is 1. The van der Waals surface area contributed by atoms with Crippen molar-refractivity contribution < 1.29 is 13.9 Å². The van der Waals surface area contributed by atoms with Crippen LogP contribution in [0.5, 0.6) is 0 Å². The molecule has 1 heterocycles. The van der Waals surface area contributed by atoms with Crippen LogP contribution in [-0.2, 0) is 11.2 Å². The predicted molar refractivity (Wildman–Crippen MR) is 70.5 cm³/mol. The minimum atomic E-state index is -0.414. The minimum Gasteiger partial charge on any atom is -0.450 e. The molecule has 0 aliphatic carbocycles. The number of benzene rings is 1. The first kappa shape index (κ1) is 12.8. The molecule has 0 bridgehead atoms. The minimum absolute atomic E-state index is 0.236. The second kappa shape index (κ2) is 5.82. The molecule has 0 saturated heterocycles. The number of amides is 1. The van der Waals surface area contributed by atoms with Gasteiger partial charge in [0.25, 0.3) is 0 Å². The molecule has 1 aromatic carbocycles. The van der Waals surface area contributed by atoms with Gasteiger partial charge in [0.05, 0.1) is 6.61 Å². The average molecular weight is 267 g/mol. The van der Waals surface area contributed by atoms with Gasteiger partial charge in [0.15, 0.2) is 0 Å². The summed E-state index contributed by atoms with van der Waals surface area (Å²) >= 11 is 1.58. The zero-order valence-corrected chi connectivity index (χ0v) is 10.8. The summed E-state index contributed by atoms with van der Waals surface area (Å²) in [6.07, 6.45) is 0.255. The van der Waals surface area contributed by atoms with Gasteiger partial charge in [-0.05, 0) is 47.9 Å². The molecule has 3 nitrogen and oxygen atoms in total. The van der Waals surface area contributed by atoms with Gasteiger partial charge in [-0.15, -0.1) is 11.3 Å². The predicted octanol–water partition coefficient (Wildman–Crippen LogP) is 3.33. The lowest BCUT2D eigenvalue weighted by atomic mass is 10.1. The van der Waals surface area contributed by atoms with Gasteiger partial charge < -0.3 is 10.1 Å². The van der Waals surface area contributed by atoms with Crippen LogP contribution in [0.2, 0.25) is 0 Å². The first-order chi connectivity index (χ1) is 8.70. The van der Waals surface area contributed by atoms with Crippen molar-refractivity contribution in [2.45, 2.75) is 13.3 Å². The molecule has 18 heavy (non-hydrogen) atoms. The van der Waals surface area contributed by atoms with E-state index in [0.717, 1.165) is 15.6 Å². The lowest BCUT2D eigenvalue weighted by Crippen LogP contribution is -2.26. The van der Waals surface area contributed by atoms with Crippen molar-refractivity contribution in [1.82, 2.24) is 5.32 Å². The zero-order valence-electron chi connectivity index (χ0n) is 10.0. The Hall–Kier alpha value is -1.62. The molecule has 2 aromatic rings. The fraction of sp³-hybridized carbons (Fsp3) is 0.308. The zero-order chi connectivity index (χ0) is 13.0. The highest BCUT2D eigenvalue weighted by atomic mass is 32.1. The number of rotatable bonds is 4. The van der Waals surface area contributed by atoms with Gasteiger partial charge in [0.1, 0.15) is 5.82 Å². The molecular formula is C13H14FNO2S. The molecule has 0 unspecified atom stereocenters. The Morgan fingerprint density at radius 3 is 3.11 bits per heavy atom. The second-order valence-corrected chi connectivity index (χ2v) is 4.71. The maximum atomic E-state index is 13.2. The molecule has 5 heteroatoms. The second-order valence-electron chi connectivity index (χ2n) is 3.80. The Balaban J connectivity index is 1.99. The van der Waals surface area contributed by atoms with Gasteiger partial charge in [0, 0.05) is 11.2 Å². The van der Waals surface area contributed by atoms with Crippen molar-refractivity contribution in [2.24, 2.45) is 0 Å². The van der Waals surface area contributed by atoms with E-state index in [1.165, 1.54) is 12.1 Å². The lowest BCUT2D eigenvalue weighted by Gasteiger charge is -2.04. The van der Waals surface area contributed by atoms with Gasteiger partial charge in [-0.2, -0.15) is 0 Å². The number of alkyl carbamates (subject to hydrolysis) is 1. The van der Waals surface area contributed by atoms with Crippen LogP contribution in [0.25, 0.3) is 10.1 Å². The Kier molecular flexibility index (Phi) is 4.15. The van der Waals surface area contributed by atoms with E-state index in [1.54, 1.807) is 24.3 Å². The van der Waals surface area contributed by atoms with Crippen LogP contribution in [0.1, 0.15) is 12.5 Å².